The summed E-state index contributed by atoms with van der Waals surface area (Å²) in [4.78, 5) is 21.7. The molecule has 1 aliphatic rings. The van der Waals surface area contributed by atoms with Gasteiger partial charge in [-0.1, -0.05) is 30.3 Å². The fourth-order valence-corrected chi connectivity index (χ4v) is 3.34. The number of ether oxygens (including phenoxy) is 1. The third-order valence-electron chi connectivity index (χ3n) is 4.55. The van der Waals surface area contributed by atoms with Gasteiger partial charge in [-0.25, -0.2) is 4.98 Å². The molecule has 5 nitrogen and oxygen atoms in total. The Kier molecular flexibility index (Phi) is 4.54. The number of fused-ring (bicyclic) bond motifs is 1. The van der Waals surface area contributed by atoms with Gasteiger partial charge in [0.05, 0.1) is 5.69 Å². The van der Waals surface area contributed by atoms with Gasteiger partial charge in [0.2, 0.25) is 0 Å². The van der Waals surface area contributed by atoms with Gasteiger partial charge in [-0.05, 0) is 43.2 Å². The molecule has 0 fully saturated rings. The SMILES string of the molecule is Cc1nc2c(c(=O)[nH]1)CCN(Cc1cccc(Oc3ccccc3)c1)C2. The molecule has 26 heavy (non-hydrogen) atoms. The molecule has 1 aliphatic heterocycles. The van der Waals surface area contributed by atoms with Crippen LogP contribution in [0.3, 0.4) is 0 Å². The molecule has 0 radical (unpaired) electrons. The van der Waals surface area contributed by atoms with Crippen LogP contribution in [0.15, 0.2) is 59.4 Å². The van der Waals surface area contributed by atoms with Crippen LogP contribution >= 0.6 is 0 Å². The van der Waals surface area contributed by atoms with E-state index in [4.69, 9.17) is 4.74 Å². The smallest absolute Gasteiger partial charge is 0.254 e. The lowest BCUT2D eigenvalue weighted by atomic mass is 10.1. The first-order chi connectivity index (χ1) is 12.7. The highest BCUT2D eigenvalue weighted by Gasteiger charge is 2.20. The van der Waals surface area contributed by atoms with Gasteiger partial charge in [0.1, 0.15) is 17.3 Å². The first-order valence-corrected chi connectivity index (χ1v) is 8.80. The summed E-state index contributed by atoms with van der Waals surface area (Å²) in [6, 6.07) is 17.9. The Hall–Kier alpha value is -2.92. The quantitative estimate of drug-likeness (QED) is 0.785. The van der Waals surface area contributed by atoms with E-state index >= 15 is 0 Å². The molecule has 0 atom stereocenters. The van der Waals surface area contributed by atoms with Gasteiger partial charge in [-0.2, -0.15) is 0 Å². The third kappa shape index (κ3) is 3.68. The van der Waals surface area contributed by atoms with E-state index < -0.39 is 0 Å². The summed E-state index contributed by atoms with van der Waals surface area (Å²) < 4.78 is 5.92. The maximum absolute atomic E-state index is 12.0. The van der Waals surface area contributed by atoms with Crippen LogP contribution in [0.2, 0.25) is 0 Å². The molecule has 0 amide bonds. The van der Waals surface area contributed by atoms with E-state index in [2.05, 4.69) is 27.0 Å². The highest BCUT2D eigenvalue weighted by Crippen LogP contribution is 2.23. The number of rotatable bonds is 4. The minimum Gasteiger partial charge on any atom is -0.457 e. The van der Waals surface area contributed by atoms with Crippen molar-refractivity contribution >= 4 is 0 Å². The Bertz CT molecular complexity index is 966. The summed E-state index contributed by atoms with van der Waals surface area (Å²) in [6.45, 7) is 4.18. The minimum atomic E-state index is 0.00501. The monoisotopic (exact) mass is 347 g/mol. The number of H-pyrrole nitrogens is 1. The fraction of sp³-hybridized carbons (Fsp3) is 0.238. The summed E-state index contributed by atoms with van der Waals surface area (Å²) in [5, 5.41) is 0. The molecule has 0 saturated carbocycles. The van der Waals surface area contributed by atoms with E-state index in [0.29, 0.717) is 12.4 Å². The molecular formula is C21H21N3O2. The van der Waals surface area contributed by atoms with Crippen molar-refractivity contribution in [1.82, 2.24) is 14.9 Å². The average molecular weight is 347 g/mol. The molecule has 0 saturated heterocycles. The zero-order valence-corrected chi connectivity index (χ0v) is 14.7. The number of hydrogen-bond acceptors (Lipinski definition) is 4. The standard InChI is InChI=1S/C21H21N3O2/c1-15-22-20-14-24(11-10-19(20)21(25)23-15)13-16-6-5-9-18(12-16)26-17-7-3-2-4-8-17/h2-9,12H,10-11,13-14H2,1H3,(H,22,23,25). The molecule has 3 aromatic rings. The molecule has 132 valence electrons. The molecule has 1 N–H and O–H groups in total. The van der Waals surface area contributed by atoms with Gasteiger partial charge in [0.25, 0.3) is 5.56 Å². The molecule has 5 heteroatoms. The summed E-state index contributed by atoms with van der Waals surface area (Å²) in [5.41, 5.74) is 2.91. The predicted octanol–water partition coefficient (Wildman–Crippen LogP) is 3.43. The summed E-state index contributed by atoms with van der Waals surface area (Å²) >= 11 is 0. The molecule has 0 unspecified atom stereocenters. The average Bonchev–Trinajstić information content (AvgIpc) is 2.62. The second-order valence-corrected chi connectivity index (χ2v) is 6.60. The zero-order chi connectivity index (χ0) is 17.9. The summed E-state index contributed by atoms with van der Waals surface area (Å²) in [6.07, 6.45) is 0.734. The Morgan fingerprint density at radius 1 is 1.12 bits per heavy atom. The highest BCUT2D eigenvalue weighted by atomic mass is 16.5. The molecule has 2 heterocycles. The van der Waals surface area contributed by atoms with Gasteiger partial charge in [0, 0.05) is 25.2 Å². The maximum Gasteiger partial charge on any atom is 0.254 e. The van der Waals surface area contributed by atoms with Crippen molar-refractivity contribution in [3.05, 3.63) is 87.6 Å². The molecular weight excluding hydrogens is 326 g/mol. The Balaban J connectivity index is 1.48. The zero-order valence-electron chi connectivity index (χ0n) is 14.7. The van der Waals surface area contributed by atoms with Gasteiger partial charge in [-0.15, -0.1) is 0 Å². The second-order valence-electron chi connectivity index (χ2n) is 6.60. The van der Waals surface area contributed by atoms with E-state index in [1.165, 1.54) is 5.56 Å². The van der Waals surface area contributed by atoms with Gasteiger partial charge < -0.3 is 9.72 Å². The first-order valence-electron chi connectivity index (χ1n) is 8.80. The summed E-state index contributed by atoms with van der Waals surface area (Å²) in [7, 11) is 0. The van der Waals surface area contributed by atoms with Crippen LogP contribution < -0.4 is 10.3 Å². The first kappa shape index (κ1) is 16.5. The van der Waals surface area contributed by atoms with E-state index in [9.17, 15) is 4.79 Å². The minimum absolute atomic E-state index is 0.00501. The third-order valence-corrected chi connectivity index (χ3v) is 4.55. The Labute approximate surface area is 152 Å². The van der Waals surface area contributed by atoms with Gasteiger partial charge >= 0.3 is 0 Å². The molecule has 4 rings (SSSR count). The number of para-hydroxylation sites is 1. The van der Waals surface area contributed by atoms with Crippen LogP contribution in [-0.4, -0.2) is 21.4 Å². The number of nitrogens with one attached hydrogen (secondary N) is 1. The lowest BCUT2D eigenvalue weighted by Gasteiger charge is -2.27. The lowest BCUT2D eigenvalue weighted by Crippen LogP contribution is -2.35. The predicted molar refractivity (Wildman–Crippen MR) is 100 cm³/mol. The number of benzene rings is 2. The lowest BCUT2D eigenvalue weighted by molar-refractivity contribution is 0.240. The van der Waals surface area contributed by atoms with E-state index in [1.54, 1.807) is 0 Å². The van der Waals surface area contributed by atoms with E-state index in [1.807, 2.05) is 49.4 Å². The van der Waals surface area contributed by atoms with Crippen molar-refractivity contribution in [1.29, 1.82) is 0 Å². The number of nitrogens with zero attached hydrogens (tertiary/aromatic N) is 2. The van der Waals surface area contributed by atoms with Crippen LogP contribution in [0, 0.1) is 6.92 Å². The fourth-order valence-electron chi connectivity index (χ4n) is 3.34. The van der Waals surface area contributed by atoms with Crippen molar-refractivity contribution < 1.29 is 4.74 Å². The normalized spacial score (nSPS) is 14.0. The number of aromatic amines is 1. The molecule has 1 aromatic heterocycles. The molecule has 0 spiro atoms. The second kappa shape index (κ2) is 7.14. The number of hydrogen-bond donors (Lipinski definition) is 1. The van der Waals surface area contributed by atoms with Crippen molar-refractivity contribution in [3.8, 4) is 11.5 Å². The van der Waals surface area contributed by atoms with Crippen molar-refractivity contribution in [2.45, 2.75) is 26.4 Å². The number of aromatic nitrogens is 2. The van der Waals surface area contributed by atoms with Crippen LogP contribution in [0.25, 0.3) is 0 Å². The Morgan fingerprint density at radius 3 is 2.77 bits per heavy atom. The van der Waals surface area contributed by atoms with Crippen LogP contribution in [0.1, 0.15) is 22.6 Å². The number of aryl methyl sites for hydroxylation is 1. The van der Waals surface area contributed by atoms with E-state index in [-0.39, 0.29) is 5.56 Å². The van der Waals surface area contributed by atoms with Gasteiger partial charge in [-0.3, -0.25) is 9.69 Å². The van der Waals surface area contributed by atoms with Crippen molar-refractivity contribution in [3.63, 3.8) is 0 Å². The van der Waals surface area contributed by atoms with Crippen molar-refractivity contribution in [2.75, 3.05) is 6.54 Å². The maximum atomic E-state index is 12.0. The molecule has 2 aromatic carbocycles. The Morgan fingerprint density at radius 2 is 1.92 bits per heavy atom. The topological polar surface area (TPSA) is 58.2 Å². The highest BCUT2D eigenvalue weighted by molar-refractivity contribution is 5.34. The molecule has 0 aliphatic carbocycles. The van der Waals surface area contributed by atoms with E-state index in [0.717, 1.165) is 42.3 Å². The van der Waals surface area contributed by atoms with Crippen LogP contribution in [-0.2, 0) is 19.5 Å². The van der Waals surface area contributed by atoms with Gasteiger partial charge in [0.15, 0.2) is 0 Å². The summed E-state index contributed by atoms with van der Waals surface area (Å²) in [5.74, 6) is 2.33. The van der Waals surface area contributed by atoms with Crippen molar-refractivity contribution in [2.24, 2.45) is 0 Å². The van der Waals surface area contributed by atoms with Crippen LogP contribution in [0.5, 0.6) is 11.5 Å². The van der Waals surface area contributed by atoms with Crippen LogP contribution in [0.4, 0.5) is 0 Å². The molecule has 0 bridgehead atoms. The largest absolute Gasteiger partial charge is 0.457 e.